The number of hydrogen-bond acceptors (Lipinski definition) is 3. The molecule has 2 aromatic carbocycles. The topological polar surface area (TPSA) is 37.4 Å². The summed E-state index contributed by atoms with van der Waals surface area (Å²) < 4.78 is 27.2. The zero-order chi connectivity index (χ0) is 17.9. The molecule has 25 heavy (non-hydrogen) atoms. The molecule has 3 rings (SSSR count). The van der Waals surface area contributed by atoms with Gasteiger partial charge in [0.1, 0.15) is 0 Å². The molecular formula is C19H22ClNO2S2. The SMILES string of the molecule is Cc1ccccc1C1CCN(S(=O)(=O)Cc2ccc(Cl)cc2)CCS1. The van der Waals surface area contributed by atoms with Crippen molar-refractivity contribution in [3.05, 3.63) is 70.2 Å². The lowest BCUT2D eigenvalue weighted by Gasteiger charge is -2.20. The van der Waals surface area contributed by atoms with E-state index >= 15 is 0 Å². The number of sulfonamides is 1. The summed E-state index contributed by atoms with van der Waals surface area (Å²) in [7, 11) is -3.31. The number of benzene rings is 2. The third-order valence-electron chi connectivity index (χ3n) is 4.49. The Morgan fingerprint density at radius 2 is 1.84 bits per heavy atom. The van der Waals surface area contributed by atoms with Crippen LogP contribution in [0.3, 0.4) is 0 Å². The predicted octanol–water partition coefficient (Wildman–Crippen LogP) is 4.66. The van der Waals surface area contributed by atoms with Crippen LogP contribution in [0.1, 0.15) is 28.4 Å². The van der Waals surface area contributed by atoms with Crippen molar-refractivity contribution < 1.29 is 8.42 Å². The maximum Gasteiger partial charge on any atom is 0.218 e. The maximum atomic E-state index is 12.8. The molecular weight excluding hydrogens is 374 g/mol. The van der Waals surface area contributed by atoms with Gasteiger partial charge in [-0.15, -0.1) is 0 Å². The molecule has 1 unspecified atom stereocenters. The van der Waals surface area contributed by atoms with E-state index in [0.29, 0.717) is 23.4 Å². The van der Waals surface area contributed by atoms with Gasteiger partial charge in [0.25, 0.3) is 0 Å². The van der Waals surface area contributed by atoms with Crippen LogP contribution in [-0.2, 0) is 15.8 Å². The van der Waals surface area contributed by atoms with Crippen molar-refractivity contribution in [1.82, 2.24) is 4.31 Å². The zero-order valence-electron chi connectivity index (χ0n) is 14.2. The minimum atomic E-state index is -3.31. The van der Waals surface area contributed by atoms with Crippen LogP contribution in [0.2, 0.25) is 5.02 Å². The van der Waals surface area contributed by atoms with Crippen molar-refractivity contribution >= 4 is 33.4 Å². The molecule has 0 aromatic heterocycles. The van der Waals surface area contributed by atoms with Crippen molar-refractivity contribution in [2.24, 2.45) is 0 Å². The first kappa shape index (κ1) is 18.8. The van der Waals surface area contributed by atoms with Gasteiger partial charge in [0.05, 0.1) is 5.75 Å². The molecule has 134 valence electrons. The minimum Gasteiger partial charge on any atom is -0.212 e. The van der Waals surface area contributed by atoms with E-state index in [9.17, 15) is 8.42 Å². The van der Waals surface area contributed by atoms with E-state index in [1.807, 2.05) is 17.8 Å². The summed E-state index contributed by atoms with van der Waals surface area (Å²) in [5, 5.41) is 0.977. The van der Waals surface area contributed by atoms with Gasteiger partial charge in [-0.05, 0) is 42.2 Å². The summed E-state index contributed by atoms with van der Waals surface area (Å²) in [5.41, 5.74) is 3.37. The second kappa shape index (κ2) is 8.12. The standard InChI is InChI=1S/C19H22ClNO2S2/c1-15-4-2-3-5-18(15)19-10-11-21(12-13-24-19)25(22,23)14-16-6-8-17(20)9-7-16/h2-9,19H,10-14H2,1H3. The molecule has 1 fully saturated rings. The van der Waals surface area contributed by atoms with Gasteiger partial charge in [-0.25, -0.2) is 12.7 Å². The monoisotopic (exact) mass is 395 g/mol. The van der Waals surface area contributed by atoms with Gasteiger partial charge < -0.3 is 0 Å². The van der Waals surface area contributed by atoms with Crippen LogP contribution in [0, 0.1) is 6.92 Å². The fourth-order valence-electron chi connectivity index (χ4n) is 3.11. The van der Waals surface area contributed by atoms with Crippen molar-refractivity contribution in [3.8, 4) is 0 Å². The molecule has 1 aliphatic rings. The summed E-state index contributed by atoms with van der Waals surface area (Å²) in [6.07, 6.45) is 0.843. The van der Waals surface area contributed by atoms with E-state index in [0.717, 1.165) is 17.7 Å². The van der Waals surface area contributed by atoms with Gasteiger partial charge >= 0.3 is 0 Å². The van der Waals surface area contributed by atoms with Crippen molar-refractivity contribution in [2.75, 3.05) is 18.8 Å². The maximum absolute atomic E-state index is 12.8. The number of aryl methyl sites for hydroxylation is 1. The summed E-state index contributed by atoms with van der Waals surface area (Å²) >= 11 is 7.73. The Balaban J connectivity index is 1.69. The first-order chi connectivity index (χ1) is 12.0. The van der Waals surface area contributed by atoms with E-state index in [1.54, 1.807) is 28.6 Å². The molecule has 0 spiro atoms. The number of hydrogen-bond donors (Lipinski definition) is 0. The van der Waals surface area contributed by atoms with Crippen molar-refractivity contribution in [1.29, 1.82) is 0 Å². The summed E-state index contributed by atoms with van der Waals surface area (Å²) in [6, 6.07) is 15.4. The molecule has 0 aliphatic carbocycles. The van der Waals surface area contributed by atoms with Gasteiger partial charge in [-0.3, -0.25) is 0 Å². The Morgan fingerprint density at radius 1 is 1.12 bits per heavy atom. The van der Waals surface area contributed by atoms with Crippen LogP contribution in [0.5, 0.6) is 0 Å². The van der Waals surface area contributed by atoms with E-state index in [1.165, 1.54) is 11.1 Å². The molecule has 0 bridgehead atoms. The highest BCUT2D eigenvalue weighted by atomic mass is 35.5. The van der Waals surface area contributed by atoms with Gasteiger partial charge in [0.2, 0.25) is 10.0 Å². The van der Waals surface area contributed by atoms with Gasteiger partial charge in [-0.1, -0.05) is 48.0 Å². The smallest absolute Gasteiger partial charge is 0.212 e. The van der Waals surface area contributed by atoms with Crippen LogP contribution < -0.4 is 0 Å². The Bertz CT molecular complexity index is 822. The molecule has 1 aliphatic heterocycles. The van der Waals surface area contributed by atoms with E-state index in [4.69, 9.17) is 11.6 Å². The van der Waals surface area contributed by atoms with Crippen LogP contribution in [0.15, 0.2) is 48.5 Å². The molecule has 0 saturated carbocycles. The summed E-state index contributed by atoms with van der Waals surface area (Å²) in [6.45, 7) is 3.26. The number of nitrogens with zero attached hydrogens (tertiary/aromatic N) is 1. The Kier molecular flexibility index (Phi) is 6.10. The predicted molar refractivity (Wildman–Crippen MR) is 107 cm³/mol. The molecule has 3 nitrogen and oxygen atoms in total. The van der Waals surface area contributed by atoms with E-state index in [2.05, 4.69) is 25.1 Å². The average molecular weight is 396 g/mol. The second-order valence-corrected chi connectivity index (χ2v) is 10.0. The van der Waals surface area contributed by atoms with E-state index in [-0.39, 0.29) is 5.75 Å². The third kappa shape index (κ3) is 4.79. The summed E-state index contributed by atoms with van der Waals surface area (Å²) in [4.78, 5) is 0. The molecule has 6 heteroatoms. The fourth-order valence-corrected chi connectivity index (χ4v) is 6.22. The minimum absolute atomic E-state index is 0.0316. The highest BCUT2D eigenvalue weighted by Crippen LogP contribution is 2.36. The number of rotatable bonds is 4. The Hall–Kier alpha value is -1.01. The van der Waals surface area contributed by atoms with Crippen LogP contribution >= 0.6 is 23.4 Å². The largest absolute Gasteiger partial charge is 0.218 e. The Morgan fingerprint density at radius 3 is 2.56 bits per heavy atom. The lowest BCUT2D eigenvalue weighted by atomic mass is 10.0. The number of halogens is 1. The van der Waals surface area contributed by atoms with Crippen LogP contribution in [0.25, 0.3) is 0 Å². The fraction of sp³-hybridized carbons (Fsp3) is 0.368. The quantitative estimate of drug-likeness (QED) is 0.755. The molecule has 1 atom stereocenters. The van der Waals surface area contributed by atoms with Crippen LogP contribution in [-0.4, -0.2) is 31.6 Å². The second-order valence-electron chi connectivity index (χ2n) is 6.29. The third-order valence-corrected chi connectivity index (χ3v) is 7.90. The van der Waals surface area contributed by atoms with Gasteiger partial charge in [0, 0.05) is 29.1 Å². The first-order valence-electron chi connectivity index (χ1n) is 8.35. The van der Waals surface area contributed by atoms with Crippen LogP contribution in [0.4, 0.5) is 0 Å². The highest BCUT2D eigenvalue weighted by molar-refractivity contribution is 7.99. The Labute approximate surface area is 159 Å². The molecule has 0 amide bonds. The molecule has 2 aromatic rings. The molecule has 1 saturated heterocycles. The van der Waals surface area contributed by atoms with Gasteiger partial charge in [-0.2, -0.15) is 11.8 Å². The zero-order valence-corrected chi connectivity index (χ0v) is 16.6. The van der Waals surface area contributed by atoms with E-state index < -0.39 is 10.0 Å². The first-order valence-corrected chi connectivity index (χ1v) is 11.4. The number of thioether (sulfide) groups is 1. The van der Waals surface area contributed by atoms with Crippen molar-refractivity contribution in [2.45, 2.75) is 24.3 Å². The summed E-state index contributed by atoms with van der Waals surface area (Å²) in [5.74, 6) is 0.850. The normalized spacial score (nSPS) is 19.5. The average Bonchev–Trinajstić information content (AvgIpc) is 2.84. The molecule has 0 radical (unpaired) electrons. The highest BCUT2D eigenvalue weighted by Gasteiger charge is 2.27. The molecule has 1 heterocycles. The van der Waals surface area contributed by atoms with Crippen molar-refractivity contribution in [3.63, 3.8) is 0 Å². The van der Waals surface area contributed by atoms with Gasteiger partial charge in [0.15, 0.2) is 0 Å². The molecule has 0 N–H and O–H groups in total. The lowest BCUT2D eigenvalue weighted by Crippen LogP contribution is -2.34. The lowest BCUT2D eigenvalue weighted by molar-refractivity contribution is 0.427.